The minimum Gasteiger partial charge on any atom is -0.366 e. The van der Waals surface area contributed by atoms with Crippen molar-refractivity contribution in [2.45, 2.75) is 31.9 Å². The van der Waals surface area contributed by atoms with Gasteiger partial charge < -0.3 is 19.9 Å². The van der Waals surface area contributed by atoms with Crippen LogP contribution in [0, 0.1) is 0 Å². The van der Waals surface area contributed by atoms with Crippen molar-refractivity contribution in [1.82, 2.24) is 20.0 Å². The van der Waals surface area contributed by atoms with Crippen molar-refractivity contribution in [2.75, 3.05) is 59.0 Å². The number of carbonyl (C=O) groups excluding carboxylic acids is 2. The fourth-order valence-corrected chi connectivity index (χ4v) is 3.76. The Labute approximate surface area is 162 Å². The number of morpholine rings is 1. The monoisotopic (exact) mass is 396 g/mol. The second-order valence-electron chi connectivity index (χ2n) is 6.60. The molecule has 2 amide bonds. The Hall–Kier alpha value is -0.600. The molecule has 1 N–H and O–H groups in total. The number of likely N-dealkylation sites (N-methyl/N-ethyl adjacent to an activating group) is 1. The molecule has 3 saturated heterocycles. The molecular weight excluding hydrogens is 367 g/mol. The van der Waals surface area contributed by atoms with Gasteiger partial charge in [0.1, 0.15) is 6.10 Å². The van der Waals surface area contributed by atoms with Crippen LogP contribution in [0.3, 0.4) is 0 Å². The van der Waals surface area contributed by atoms with Gasteiger partial charge in [0.15, 0.2) is 0 Å². The molecule has 9 heteroatoms. The molecule has 146 valence electrons. The molecule has 7 nitrogen and oxygen atoms in total. The molecule has 0 aromatic rings. The first-order valence-corrected chi connectivity index (χ1v) is 8.82. The van der Waals surface area contributed by atoms with Crippen LogP contribution in [-0.4, -0.2) is 97.6 Å². The van der Waals surface area contributed by atoms with Gasteiger partial charge in [0.2, 0.25) is 5.91 Å². The summed E-state index contributed by atoms with van der Waals surface area (Å²) in [5.74, 6) is 0.247. The number of halogens is 2. The van der Waals surface area contributed by atoms with Gasteiger partial charge in [0.05, 0.1) is 13.2 Å². The van der Waals surface area contributed by atoms with Crippen LogP contribution >= 0.6 is 24.8 Å². The topological polar surface area (TPSA) is 65.1 Å². The van der Waals surface area contributed by atoms with Gasteiger partial charge in [0, 0.05) is 45.3 Å². The lowest BCUT2D eigenvalue weighted by Crippen LogP contribution is -2.59. The number of likely N-dealkylation sites (tertiary alicyclic amines) is 1. The number of hydrogen-bond donors (Lipinski definition) is 1. The predicted octanol–water partition coefficient (Wildman–Crippen LogP) is -0.0265. The molecule has 3 heterocycles. The molecule has 2 unspecified atom stereocenters. The Morgan fingerprint density at radius 1 is 1.24 bits per heavy atom. The van der Waals surface area contributed by atoms with Crippen molar-refractivity contribution < 1.29 is 14.3 Å². The molecule has 3 fully saturated rings. The fourth-order valence-electron chi connectivity index (χ4n) is 3.76. The SMILES string of the molecule is CCN1CCOC(C(=O)N2CCCC(N3CCNCC3=O)C2)C1.Cl.Cl. The first-order chi connectivity index (χ1) is 11.2. The molecular formula is C16H30Cl2N4O3. The van der Waals surface area contributed by atoms with E-state index in [2.05, 4.69) is 17.1 Å². The van der Waals surface area contributed by atoms with Crippen molar-refractivity contribution in [2.24, 2.45) is 0 Å². The van der Waals surface area contributed by atoms with Gasteiger partial charge in [-0.2, -0.15) is 0 Å². The van der Waals surface area contributed by atoms with Gasteiger partial charge in [-0.05, 0) is 19.4 Å². The highest BCUT2D eigenvalue weighted by Gasteiger charge is 2.35. The van der Waals surface area contributed by atoms with Crippen molar-refractivity contribution in [3.05, 3.63) is 0 Å². The van der Waals surface area contributed by atoms with Gasteiger partial charge in [0.25, 0.3) is 5.91 Å². The summed E-state index contributed by atoms with van der Waals surface area (Å²) in [7, 11) is 0. The Morgan fingerprint density at radius 2 is 2.04 bits per heavy atom. The van der Waals surface area contributed by atoms with E-state index in [1.54, 1.807) is 0 Å². The molecule has 3 aliphatic heterocycles. The molecule has 0 saturated carbocycles. The lowest BCUT2D eigenvalue weighted by molar-refractivity contribution is -0.153. The van der Waals surface area contributed by atoms with Crippen molar-refractivity contribution in [3.63, 3.8) is 0 Å². The quantitative estimate of drug-likeness (QED) is 0.725. The van der Waals surface area contributed by atoms with Crippen molar-refractivity contribution in [1.29, 1.82) is 0 Å². The Morgan fingerprint density at radius 3 is 2.76 bits per heavy atom. The number of rotatable bonds is 3. The number of ether oxygens (including phenoxy) is 1. The molecule has 0 spiro atoms. The summed E-state index contributed by atoms with van der Waals surface area (Å²) < 4.78 is 5.70. The largest absolute Gasteiger partial charge is 0.366 e. The Kier molecular flexibility index (Phi) is 9.45. The summed E-state index contributed by atoms with van der Waals surface area (Å²) in [6.07, 6.45) is 1.60. The smallest absolute Gasteiger partial charge is 0.253 e. The van der Waals surface area contributed by atoms with E-state index < -0.39 is 0 Å². The van der Waals surface area contributed by atoms with Gasteiger partial charge in [-0.1, -0.05) is 6.92 Å². The van der Waals surface area contributed by atoms with Crippen molar-refractivity contribution in [3.8, 4) is 0 Å². The highest BCUT2D eigenvalue weighted by atomic mass is 35.5. The van der Waals surface area contributed by atoms with E-state index in [0.717, 1.165) is 45.6 Å². The van der Waals surface area contributed by atoms with Crippen LogP contribution in [0.5, 0.6) is 0 Å². The molecule has 3 aliphatic rings. The predicted molar refractivity (Wildman–Crippen MR) is 101 cm³/mol. The number of hydrogen-bond acceptors (Lipinski definition) is 5. The number of piperazine rings is 1. The van der Waals surface area contributed by atoms with E-state index in [9.17, 15) is 9.59 Å². The maximum Gasteiger partial charge on any atom is 0.253 e. The van der Waals surface area contributed by atoms with Gasteiger partial charge in [-0.3, -0.25) is 14.5 Å². The maximum absolute atomic E-state index is 12.8. The molecule has 0 radical (unpaired) electrons. The normalized spacial score (nSPS) is 28.1. The number of carbonyl (C=O) groups is 2. The third-order valence-electron chi connectivity index (χ3n) is 5.15. The number of nitrogens with zero attached hydrogens (tertiary/aromatic N) is 3. The molecule has 0 aromatic heterocycles. The second kappa shape index (κ2) is 10.5. The van der Waals surface area contributed by atoms with E-state index in [1.807, 2.05) is 9.80 Å². The summed E-state index contributed by atoms with van der Waals surface area (Å²) in [4.78, 5) is 31.0. The van der Waals surface area contributed by atoms with Crippen LogP contribution in [0.25, 0.3) is 0 Å². The molecule has 2 atom stereocenters. The average Bonchev–Trinajstić information content (AvgIpc) is 2.61. The van der Waals surface area contributed by atoms with E-state index in [-0.39, 0.29) is 48.8 Å². The zero-order chi connectivity index (χ0) is 16.2. The highest BCUT2D eigenvalue weighted by Crippen LogP contribution is 2.19. The van der Waals surface area contributed by atoms with Gasteiger partial charge in [-0.15, -0.1) is 24.8 Å². The zero-order valence-corrected chi connectivity index (χ0v) is 16.4. The first-order valence-electron chi connectivity index (χ1n) is 8.82. The van der Waals surface area contributed by atoms with Crippen LogP contribution in [0.2, 0.25) is 0 Å². The lowest BCUT2D eigenvalue weighted by atomic mass is 10.0. The molecule has 25 heavy (non-hydrogen) atoms. The fraction of sp³-hybridized carbons (Fsp3) is 0.875. The van der Waals surface area contributed by atoms with Crippen LogP contribution in [0.4, 0.5) is 0 Å². The number of amides is 2. The summed E-state index contributed by atoms with van der Waals surface area (Å²) in [6.45, 7) is 8.70. The third kappa shape index (κ3) is 5.44. The zero-order valence-electron chi connectivity index (χ0n) is 14.8. The number of nitrogens with one attached hydrogen (secondary N) is 1. The molecule has 0 aliphatic carbocycles. The second-order valence-corrected chi connectivity index (χ2v) is 6.60. The summed E-state index contributed by atoms with van der Waals surface area (Å²) in [6, 6.07) is 0.160. The number of piperidine rings is 1. The first kappa shape index (κ1) is 22.4. The Bertz CT molecular complexity index is 455. The summed E-state index contributed by atoms with van der Waals surface area (Å²) in [5.41, 5.74) is 0. The van der Waals surface area contributed by atoms with E-state index in [4.69, 9.17) is 4.74 Å². The van der Waals surface area contributed by atoms with E-state index in [0.29, 0.717) is 26.2 Å². The summed E-state index contributed by atoms with van der Waals surface area (Å²) in [5, 5.41) is 3.10. The van der Waals surface area contributed by atoms with Crippen LogP contribution in [0.15, 0.2) is 0 Å². The third-order valence-corrected chi connectivity index (χ3v) is 5.15. The standard InChI is InChI=1S/C16H28N4O3.2ClH/c1-2-18-8-9-23-14(12-18)16(22)19-6-3-4-13(11-19)20-7-5-17-10-15(20)21;;/h13-14,17H,2-12H2,1H3;2*1H. The van der Waals surface area contributed by atoms with E-state index >= 15 is 0 Å². The molecule has 3 rings (SSSR count). The Balaban J connectivity index is 0.00000156. The van der Waals surface area contributed by atoms with Crippen LogP contribution in [0.1, 0.15) is 19.8 Å². The lowest BCUT2D eigenvalue weighted by Gasteiger charge is -2.42. The minimum absolute atomic E-state index is 0. The van der Waals surface area contributed by atoms with Crippen LogP contribution in [-0.2, 0) is 14.3 Å². The highest BCUT2D eigenvalue weighted by molar-refractivity contribution is 5.85. The van der Waals surface area contributed by atoms with E-state index in [1.165, 1.54) is 0 Å². The minimum atomic E-state index is -0.346. The average molecular weight is 397 g/mol. The molecule has 0 bridgehead atoms. The maximum atomic E-state index is 12.8. The van der Waals surface area contributed by atoms with Gasteiger partial charge in [-0.25, -0.2) is 0 Å². The van der Waals surface area contributed by atoms with Crippen LogP contribution < -0.4 is 5.32 Å². The van der Waals surface area contributed by atoms with Gasteiger partial charge >= 0.3 is 0 Å². The van der Waals surface area contributed by atoms with Crippen molar-refractivity contribution >= 4 is 36.6 Å². The molecule has 0 aromatic carbocycles. The summed E-state index contributed by atoms with van der Waals surface area (Å²) >= 11 is 0.